The molecule has 4 rings (SSSR count). The third kappa shape index (κ3) is 7.69. The molecule has 2 heterocycles. The molecule has 1 N–H and O–H groups in total. The Morgan fingerprint density at radius 3 is 2.10 bits per heavy atom. The van der Waals surface area contributed by atoms with Crippen LogP contribution in [0, 0.1) is 11.3 Å². The lowest BCUT2D eigenvalue weighted by Gasteiger charge is -2.36. The number of halogens is 3. The zero-order valence-electron chi connectivity index (χ0n) is 23.7. The first-order valence-electron chi connectivity index (χ1n) is 14.2. The molecule has 0 unspecified atom stereocenters. The normalized spacial score (nSPS) is 17.5. The maximum absolute atomic E-state index is 13.3. The van der Waals surface area contributed by atoms with Gasteiger partial charge in [0.1, 0.15) is 0 Å². The second-order valence-electron chi connectivity index (χ2n) is 11.9. The summed E-state index contributed by atoms with van der Waals surface area (Å²) in [5, 5.41) is 12.1. The molecular formula is C31H40F3N5O. The summed E-state index contributed by atoms with van der Waals surface area (Å²) < 4.78 is 40.0. The molecule has 0 atom stereocenters. The maximum atomic E-state index is 13.3. The van der Waals surface area contributed by atoms with Gasteiger partial charge >= 0.3 is 6.18 Å². The van der Waals surface area contributed by atoms with Crippen LogP contribution in [0.1, 0.15) is 63.1 Å². The van der Waals surface area contributed by atoms with Crippen LogP contribution in [0.4, 0.5) is 24.5 Å². The first kappa shape index (κ1) is 29.7. The molecule has 2 aromatic carbocycles. The Bertz CT molecular complexity index is 1180. The summed E-state index contributed by atoms with van der Waals surface area (Å²) >= 11 is 0. The van der Waals surface area contributed by atoms with E-state index in [1.807, 2.05) is 4.90 Å². The van der Waals surface area contributed by atoms with E-state index < -0.39 is 11.7 Å². The Labute approximate surface area is 235 Å². The summed E-state index contributed by atoms with van der Waals surface area (Å²) in [4.78, 5) is 19.3. The summed E-state index contributed by atoms with van der Waals surface area (Å²) in [7, 11) is 0. The number of carbonyl (C=O) groups excluding carboxylic acids is 1. The Hall–Kier alpha value is -3.25. The van der Waals surface area contributed by atoms with E-state index in [0.29, 0.717) is 38.0 Å². The van der Waals surface area contributed by atoms with Gasteiger partial charge in [-0.1, -0.05) is 32.9 Å². The number of amides is 1. The molecule has 0 radical (unpaired) electrons. The number of nitrogens with one attached hydrogen (secondary N) is 1. The summed E-state index contributed by atoms with van der Waals surface area (Å²) in [6, 6.07) is 14.4. The molecule has 40 heavy (non-hydrogen) atoms. The lowest BCUT2D eigenvalue weighted by molar-refractivity contribution is -0.137. The Morgan fingerprint density at radius 2 is 1.52 bits per heavy atom. The van der Waals surface area contributed by atoms with Crippen LogP contribution in [0.2, 0.25) is 0 Å². The molecule has 0 aromatic heterocycles. The van der Waals surface area contributed by atoms with E-state index >= 15 is 0 Å². The smallest absolute Gasteiger partial charge is 0.371 e. The number of carbonyl (C=O) groups is 1. The SMILES string of the molecule is CC(C)(C)c1ccc(N2CCN(CCCC(=O)NC3CCN(c4ccc(C#N)c(C(F)(F)F)c4)CC3)CC2)cc1. The molecule has 2 fully saturated rings. The van der Waals surface area contributed by atoms with E-state index in [2.05, 4.69) is 60.2 Å². The molecule has 2 aliphatic rings. The van der Waals surface area contributed by atoms with Crippen molar-refractivity contribution in [3.05, 3.63) is 59.2 Å². The standard InChI is InChI=1S/C31H40F3N5O/c1-30(2,3)24-7-10-26(11-8-24)39-19-17-37(18-20-39)14-4-5-29(40)36-25-12-15-38(16-13-25)27-9-6-23(22-35)28(21-27)31(32,33)34/h6-11,21,25H,4-5,12-20H2,1-3H3,(H,36,40). The molecule has 9 heteroatoms. The number of hydrogen-bond acceptors (Lipinski definition) is 5. The van der Waals surface area contributed by atoms with Gasteiger partial charge in [-0.2, -0.15) is 18.4 Å². The lowest BCUT2D eigenvalue weighted by Crippen LogP contribution is -2.47. The van der Waals surface area contributed by atoms with Crippen molar-refractivity contribution < 1.29 is 18.0 Å². The fourth-order valence-corrected chi connectivity index (χ4v) is 5.51. The van der Waals surface area contributed by atoms with Crippen molar-refractivity contribution in [2.45, 2.75) is 64.1 Å². The highest BCUT2D eigenvalue weighted by Gasteiger charge is 2.34. The number of benzene rings is 2. The second-order valence-corrected chi connectivity index (χ2v) is 11.9. The van der Waals surface area contributed by atoms with Crippen molar-refractivity contribution in [1.29, 1.82) is 5.26 Å². The average Bonchev–Trinajstić information content (AvgIpc) is 2.92. The number of piperidine rings is 1. The minimum atomic E-state index is -4.57. The molecular weight excluding hydrogens is 515 g/mol. The van der Waals surface area contributed by atoms with Gasteiger partial charge in [0, 0.05) is 63.1 Å². The third-order valence-electron chi connectivity index (χ3n) is 8.00. The number of alkyl halides is 3. The van der Waals surface area contributed by atoms with Crippen molar-refractivity contribution in [3.8, 4) is 6.07 Å². The van der Waals surface area contributed by atoms with Crippen LogP contribution in [-0.2, 0) is 16.4 Å². The number of rotatable bonds is 7. The first-order chi connectivity index (χ1) is 18.9. The predicted octanol–water partition coefficient (Wildman–Crippen LogP) is 5.56. The molecule has 1 amide bonds. The monoisotopic (exact) mass is 555 g/mol. The van der Waals surface area contributed by atoms with Crippen LogP contribution in [0.5, 0.6) is 0 Å². The number of nitrogens with zero attached hydrogens (tertiary/aromatic N) is 4. The van der Waals surface area contributed by atoms with Gasteiger partial charge in [0.05, 0.1) is 17.2 Å². The zero-order chi connectivity index (χ0) is 28.9. The van der Waals surface area contributed by atoms with Crippen molar-refractivity contribution >= 4 is 17.3 Å². The Morgan fingerprint density at radius 1 is 0.925 bits per heavy atom. The molecule has 2 aliphatic heterocycles. The van der Waals surface area contributed by atoms with E-state index in [9.17, 15) is 18.0 Å². The van der Waals surface area contributed by atoms with Crippen LogP contribution in [0.25, 0.3) is 0 Å². The molecule has 216 valence electrons. The average molecular weight is 556 g/mol. The van der Waals surface area contributed by atoms with Crippen molar-refractivity contribution in [2.24, 2.45) is 0 Å². The van der Waals surface area contributed by atoms with Gasteiger partial charge in [-0.15, -0.1) is 0 Å². The molecule has 2 saturated heterocycles. The highest BCUT2D eigenvalue weighted by molar-refractivity contribution is 5.76. The molecule has 0 saturated carbocycles. The van der Waals surface area contributed by atoms with E-state index in [0.717, 1.165) is 45.2 Å². The van der Waals surface area contributed by atoms with Crippen LogP contribution in [0.15, 0.2) is 42.5 Å². The highest BCUT2D eigenvalue weighted by atomic mass is 19.4. The maximum Gasteiger partial charge on any atom is 0.417 e. The van der Waals surface area contributed by atoms with E-state index in [1.165, 1.54) is 17.3 Å². The first-order valence-corrected chi connectivity index (χ1v) is 14.2. The molecule has 0 spiro atoms. The largest absolute Gasteiger partial charge is 0.417 e. The van der Waals surface area contributed by atoms with Crippen LogP contribution >= 0.6 is 0 Å². The summed E-state index contributed by atoms with van der Waals surface area (Å²) in [6.07, 6.45) is -1.95. The minimum absolute atomic E-state index is 0.0254. The molecule has 0 bridgehead atoms. The molecule has 0 aliphatic carbocycles. The summed E-state index contributed by atoms with van der Waals surface area (Å²) in [5.41, 5.74) is 1.93. The number of nitriles is 1. The molecule has 2 aromatic rings. The third-order valence-corrected chi connectivity index (χ3v) is 8.00. The van der Waals surface area contributed by atoms with Crippen molar-refractivity contribution in [2.75, 3.05) is 55.6 Å². The van der Waals surface area contributed by atoms with Crippen molar-refractivity contribution in [1.82, 2.24) is 10.2 Å². The van der Waals surface area contributed by atoms with Gasteiger partial charge in [-0.05, 0) is 67.1 Å². The topological polar surface area (TPSA) is 62.6 Å². The second kappa shape index (κ2) is 12.5. The lowest BCUT2D eigenvalue weighted by atomic mass is 9.87. The van der Waals surface area contributed by atoms with E-state index in [-0.39, 0.29) is 22.9 Å². The predicted molar refractivity (Wildman–Crippen MR) is 153 cm³/mol. The summed E-state index contributed by atoms with van der Waals surface area (Å²) in [5.74, 6) is 0.0359. The van der Waals surface area contributed by atoms with Crippen LogP contribution < -0.4 is 15.1 Å². The van der Waals surface area contributed by atoms with Gasteiger partial charge in [-0.25, -0.2) is 0 Å². The van der Waals surface area contributed by atoms with Gasteiger partial charge < -0.3 is 15.1 Å². The zero-order valence-corrected chi connectivity index (χ0v) is 23.7. The van der Waals surface area contributed by atoms with Gasteiger partial charge in [0.2, 0.25) is 5.91 Å². The minimum Gasteiger partial charge on any atom is -0.371 e. The molecule has 6 nitrogen and oxygen atoms in total. The van der Waals surface area contributed by atoms with Crippen LogP contribution in [-0.4, -0.2) is 62.7 Å². The van der Waals surface area contributed by atoms with E-state index in [1.54, 1.807) is 12.1 Å². The summed E-state index contributed by atoms with van der Waals surface area (Å²) in [6.45, 7) is 12.6. The van der Waals surface area contributed by atoms with Gasteiger partial charge in [-0.3, -0.25) is 9.69 Å². The Kier molecular flexibility index (Phi) is 9.29. The van der Waals surface area contributed by atoms with Crippen LogP contribution in [0.3, 0.4) is 0 Å². The number of hydrogen-bond donors (Lipinski definition) is 1. The van der Waals surface area contributed by atoms with Gasteiger partial charge in [0.25, 0.3) is 0 Å². The van der Waals surface area contributed by atoms with Crippen molar-refractivity contribution in [3.63, 3.8) is 0 Å². The highest BCUT2D eigenvalue weighted by Crippen LogP contribution is 2.35. The van der Waals surface area contributed by atoms with E-state index in [4.69, 9.17) is 5.26 Å². The van der Waals surface area contributed by atoms with Gasteiger partial charge in [0.15, 0.2) is 0 Å². The quantitative estimate of drug-likeness (QED) is 0.485. The fraction of sp³-hybridized carbons (Fsp3) is 0.548. The number of anilines is 2. The Balaban J connectivity index is 1.15. The fourth-order valence-electron chi connectivity index (χ4n) is 5.51. The number of piperazine rings is 1.